The van der Waals surface area contributed by atoms with Crippen molar-refractivity contribution < 1.29 is 0 Å². The second kappa shape index (κ2) is 6.05. The van der Waals surface area contributed by atoms with Crippen molar-refractivity contribution in [3.63, 3.8) is 0 Å². The van der Waals surface area contributed by atoms with E-state index in [1.54, 1.807) is 5.57 Å². The molecular weight excluding hydrogens is 204 g/mol. The van der Waals surface area contributed by atoms with Crippen molar-refractivity contribution in [2.45, 2.75) is 46.0 Å². The van der Waals surface area contributed by atoms with E-state index in [0.29, 0.717) is 0 Å². The summed E-state index contributed by atoms with van der Waals surface area (Å²) in [4.78, 5) is 0. The van der Waals surface area contributed by atoms with Crippen LogP contribution in [0.15, 0.2) is 47.6 Å². The van der Waals surface area contributed by atoms with Crippen LogP contribution >= 0.6 is 0 Å². The average molecular weight is 228 g/mol. The molecule has 0 N–H and O–H groups in total. The van der Waals surface area contributed by atoms with Crippen molar-refractivity contribution in [3.05, 3.63) is 47.6 Å². The molecule has 17 heavy (non-hydrogen) atoms. The zero-order chi connectivity index (χ0) is 12.1. The van der Waals surface area contributed by atoms with Crippen LogP contribution in [0.2, 0.25) is 0 Å². The summed E-state index contributed by atoms with van der Waals surface area (Å²) < 4.78 is 0. The van der Waals surface area contributed by atoms with E-state index < -0.39 is 0 Å². The number of rotatable bonds is 3. The Morgan fingerprint density at radius 1 is 1.12 bits per heavy atom. The van der Waals surface area contributed by atoms with E-state index in [1.807, 2.05) is 0 Å². The molecule has 2 aliphatic rings. The first-order valence-corrected chi connectivity index (χ1v) is 7.09. The highest BCUT2D eigenvalue weighted by atomic mass is 14.3. The van der Waals surface area contributed by atoms with Gasteiger partial charge in [-0.3, -0.25) is 0 Å². The van der Waals surface area contributed by atoms with E-state index >= 15 is 0 Å². The Balaban J connectivity index is 2.15. The van der Waals surface area contributed by atoms with Gasteiger partial charge in [-0.2, -0.15) is 0 Å². The van der Waals surface area contributed by atoms with Crippen LogP contribution in [-0.2, 0) is 0 Å². The first kappa shape index (κ1) is 12.4. The summed E-state index contributed by atoms with van der Waals surface area (Å²) in [5.74, 6) is 1.69. The van der Waals surface area contributed by atoms with Crippen LogP contribution in [0.5, 0.6) is 0 Å². The highest BCUT2D eigenvalue weighted by molar-refractivity contribution is 5.43. The van der Waals surface area contributed by atoms with E-state index in [9.17, 15) is 0 Å². The molecule has 2 aliphatic carbocycles. The lowest BCUT2D eigenvalue weighted by Crippen LogP contribution is -2.05. The van der Waals surface area contributed by atoms with Crippen molar-refractivity contribution in [2.75, 3.05) is 0 Å². The van der Waals surface area contributed by atoms with Crippen LogP contribution in [0.4, 0.5) is 0 Å². The van der Waals surface area contributed by atoms with Crippen LogP contribution in [0.3, 0.4) is 0 Å². The highest BCUT2D eigenvalue weighted by Gasteiger charge is 2.25. The van der Waals surface area contributed by atoms with Crippen molar-refractivity contribution in [3.8, 4) is 0 Å². The van der Waals surface area contributed by atoms with Crippen molar-refractivity contribution >= 4 is 0 Å². The van der Waals surface area contributed by atoms with Gasteiger partial charge >= 0.3 is 0 Å². The number of allylic oxidation sites excluding steroid dienone is 8. The van der Waals surface area contributed by atoms with Gasteiger partial charge in [-0.15, -0.1) is 0 Å². The third kappa shape index (κ3) is 3.00. The maximum Gasteiger partial charge on any atom is -0.0199 e. The zero-order valence-corrected chi connectivity index (χ0v) is 11.2. The molecule has 0 radical (unpaired) electrons. The molecular formula is C17H24. The maximum atomic E-state index is 2.54. The predicted molar refractivity (Wildman–Crippen MR) is 75.9 cm³/mol. The normalized spacial score (nSPS) is 30.5. The highest BCUT2D eigenvalue weighted by Crippen LogP contribution is 2.38. The molecule has 0 aromatic carbocycles. The minimum atomic E-state index is 0.810. The van der Waals surface area contributed by atoms with Gasteiger partial charge in [-0.05, 0) is 48.7 Å². The van der Waals surface area contributed by atoms with E-state index in [4.69, 9.17) is 0 Å². The minimum absolute atomic E-state index is 0.810. The summed E-state index contributed by atoms with van der Waals surface area (Å²) in [6.07, 6.45) is 20.1. The molecule has 0 aromatic rings. The first-order chi connectivity index (χ1) is 8.35. The Morgan fingerprint density at radius 2 is 2.00 bits per heavy atom. The van der Waals surface area contributed by atoms with Crippen LogP contribution in [-0.4, -0.2) is 0 Å². The van der Waals surface area contributed by atoms with Gasteiger partial charge in [0.2, 0.25) is 0 Å². The Kier molecular flexibility index (Phi) is 4.42. The molecule has 0 heterocycles. The molecule has 2 rings (SSSR count). The third-order valence-electron chi connectivity index (χ3n) is 4.09. The summed E-state index contributed by atoms with van der Waals surface area (Å²) in [5, 5.41) is 0. The lowest BCUT2D eigenvalue weighted by atomic mass is 9.90. The first-order valence-electron chi connectivity index (χ1n) is 7.09. The molecule has 0 nitrogen and oxygen atoms in total. The summed E-state index contributed by atoms with van der Waals surface area (Å²) in [6.45, 7) is 4.65. The molecule has 0 heteroatoms. The van der Waals surface area contributed by atoms with Crippen molar-refractivity contribution in [1.29, 1.82) is 0 Å². The van der Waals surface area contributed by atoms with E-state index in [2.05, 4.69) is 50.3 Å². The zero-order valence-electron chi connectivity index (χ0n) is 11.2. The predicted octanol–water partition coefficient (Wildman–Crippen LogP) is 5.20. The summed E-state index contributed by atoms with van der Waals surface area (Å²) in [6, 6.07) is 0. The molecule has 2 unspecified atom stereocenters. The maximum absolute atomic E-state index is 2.54. The fraction of sp³-hybridized carbons (Fsp3) is 0.529. The monoisotopic (exact) mass is 228 g/mol. The van der Waals surface area contributed by atoms with Gasteiger partial charge in [0.25, 0.3) is 0 Å². The molecule has 0 aromatic heterocycles. The van der Waals surface area contributed by atoms with Gasteiger partial charge in [-0.25, -0.2) is 0 Å². The Bertz CT molecular complexity index is 365. The van der Waals surface area contributed by atoms with E-state index in [0.717, 1.165) is 11.8 Å². The second-order valence-corrected chi connectivity index (χ2v) is 5.16. The lowest BCUT2D eigenvalue weighted by Gasteiger charge is -2.14. The van der Waals surface area contributed by atoms with Gasteiger partial charge in [-0.1, -0.05) is 56.7 Å². The van der Waals surface area contributed by atoms with E-state index in [1.165, 1.54) is 37.7 Å². The molecule has 0 saturated heterocycles. The largest absolute Gasteiger partial charge is 0.0842 e. The number of hydrogen-bond donors (Lipinski definition) is 0. The second-order valence-electron chi connectivity index (χ2n) is 5.16. The van der Waals surface area contributed by atoms with Gasteiger partial charge in [0, 0.05) is 0 Å². The van der Waals surface area contributed by atoms with Crippen LogP contribution in [0, 0.1) is 11.8 Å². The Hall–Kier alpha value is -1.04. The standard InChI is InChI=1S/C17H24/c1-3-14-12-17(13-15(14)4-2)16-10-8-6-5-7-9-11-16/h5-6,8,10-12,14-15H,3-4,7,9,13H2,1-2H3/b6-5+,10-8?,16-11?. The molecule has 2 atom stereocenters. The lowest BCUT2D eigenvalue weighted by molar-refractivity contribution is 0.400. The summed E-state index contributed by atoms with van der Waals surface area (Å²) >= 11 is 0. The fourth-order valence-electron chi connectivity index (χ4n) is 2.98. The molecule has 0 amide bonds. The molecule has 92 valence electrons. The fourth-order valence-corrected chi connectivity index (χ4v) is 2.98. The number of hydrogen-bond acceptors (Lipinski definition) is 0. The van der Waals surface area contributed by atoms with Gasteiger partial charge in [0.1, 0.15) is 0 Å². The van der Waals surface area contributed by atoms with Crippen LogP contribution < -0.4 is 0 Å². The topological polar surface area (TPSA) is 0 Å². The molecule has 0 saturated carbocycles. The Morgan fingerprint density at radius 3 is 2.71 bits per heavy atom. The van der Waals surface area contributed by atoms with Crippen molar-refractivity contribution in [2.24, 2.45) is 11.8 Å². The van der Waals surface area contributed by atoms with Gasteiger partial charge in [0.05, 0.1) is 0 Å². The van der Waals surface area contributed by atoms with Crippen molar-refractivity contribution in [1.82, 2.24) is 0 Å². The van der Waals surface area contributed by atoms with Crippen LogP contribution in [0.25, 0.3) is 0 Å². The van der Waals surface area contributed by atoms with E-state index in [-0.39, 0.29) is 0 Å². The quantitative estimate of drug-likeness (QED) is 0.622. The smallest absolute Gasteiger partial charge is 0.0199 e. The summed E-state index contributed by atoms with van der Waals surface area (Å²) in [7, 11) is 0. The van der Waals surface area contributed by atoms with Gasteiger partial charge in [0.15, 0.2) is 0 Å². The minimum Gasteiger partial charge on any atom is -0.0842 e. The molecule has 0 bridgehead atoms. The SMILES string of the molecule is CCC1C=C(C2=CCC/C=C/C=C2)CC1CC. The summed E-state index contributed by atoms with van der Waals surface area (Å²) in [5.41, 5.74) is 3.07. The van der Waals surface area contributed by atoms with Crippen LogP contribution in [0.1, 0.15) is 46.0 Å². The Labute approximate surface area is 106 Å². The average Bonchev–Trinajstić information content (AvgIpc) is 2.71. The molecule has 0 fully saturated rings. The molecule has 0 spiro atoms. The molecule has 0 aliphatic heterocycles. The third-order valence-corrected chi connectivity index (χ3v) is 4.09. The van der Waals surface area contributed by atoms with Gasteiger partial charge < -0.3 is 0 Å².